The minimum absolute atomic E-state index is 0.964. The molecule has 1 heteroatoms. The van der Waals surface area contributed by atoms with Crippen LogP contribution in [0.5, 0.6) is 0 Å². The number of allylic oxidation sites excluding steroid dienone is 1. The van der Waals surface area contributed by atoms with Crippen LogP contribution in [0.2, 0.25) is 0 Å². The third-order valence-electron chi connectivity index (χ3n) is 3.06. The molecule has 0 unspecified atom stereocenters. The second-order valence-electron chi connectivity index (χ2n) is 4.46. The molecular weight excluding hydrogens is 196 g/mol. The molecule has 0 amide bonds. The van der Waals surface area contributed by atoms with E-state index in [0.717, 1.165) is 17.9 Å². The summed E-state index contributed by atoms with van der Waals surface area (Å²) in [5.74, 6) is 1.94. The Morgan fingerprint density at radius 3 is 2.69 bits per heavy atom. The van der Waals surface area contributed by atoms with Gasteiger partial charge in [-0.15, -0.1) is 0 Å². The molecule has 0 bridgehead atoms. The van der Waals surface area contributed by atoms with Gasteiger partial charge in [0.25, 0.3) is 0 Å². The quantitative estimate of drug-likeness (QED) is 0.687. The van der Waals surface area contributed by atoms with Crippen molar-refractivity contribution in [3.63, 3.8) is 0 Å². The maximum atomic E-state index is 5.70. The lowest BCUT2D eigenvalue weighted by Crippen LogP contribution is -1.85. The van der Waals surface area contributed by atoms with Crippen LogP contribution < -0.4 is 0 Å². The van der Waals surface area contributed by atoms with Gasteiger partial charge in [-0.1, -0.05) is 29.8 Å². The molecule has 1 aliphatic rings. The molecule has 0 radical (unpaired) electrons. The van der Waals surface area contributed by atoms with E-state index in [2.05, 4.69) is 31.2 Å². The highest BCUT2D eigenvalue weighted by Gasteiger charge is 2.15. The lowest BCUT2D eigenvalue weighted by atomic mass is 10.0. The van der Waals surface area contributed by atoms with Crippen LogP contribution in [0.3, 0.4) is 0 Å². The molecular formula is C15H14O. The molecule has 0 saturated carbocycles. The number of fused-ring (bicyclic) bond motifs is 1. The normalized spacial score (nSPS) is 13.8. The monoisotopic (exact) mass is 210 g/mol. The number of hydrogen-bond acceptors (Lipinski definition) is 1. The Bertz CT molecular complexity index is 573. The first-order valence-electron chi connectivity index (χ1n) is 5.60. The molecule has 1 aliphatic carbocycles. The van der Waals surface area contributed by atoms with Gasteiger partial charge >= 0.3 is 0 Å². The highest BCUT2D eigenvalue weighted by molar-refractivity contribution is 5.78. The zero-order chi connectivity index (χ0) is 11.1. The SMILES string of the molecule is CC1=Cc2c(cccc2-c2ccc(C)o2)C1. The van der Waals surface area contributed by atoms with Crippen LogP contribution in [0.4, 0.5) is 0 Å². The van der Waals surface area contributed by atoms with E-state index < -0.39 is 0 Å². The van der Waals surface area contributed by atoms with Crippen LogP contribution in [-0.2, 0) is 6.42 Å². The van der Waals surface area contributed by atoms with E-state index in [1.54, 1.807) is 0 Å². The van der Waals surface area contributed by atoms with Gasteiger partial charge in [-0.3, -0.25) is 0 Å². The third-order valence-corrected chi connectivity index (χ3v) is 3.06. The van der Waals surface area contributed by atoms with E-state index >= 15 is 0 Å². The molecule has 0 atom stereocenters. The van der Waals surface area contributed by atoms with Gasteiger partial charge in [0, 0.05) is 5.56 Å². The van der Waals surface area contributed by atoms with Gasteiger partial charge in [0.1, 0.15) is 11.5 Å². The highest BCUT2D eigenvalue weighted by atomic mass is 16.3. The third kappa shape index (κ3) is 1.40. The Morgan fingerprint density at radius 2 is 1.94 bits per heavy atom. The zero-order valence-electron chi connectivity index (χ0n) is 9.58. The number of furan rings is 1. The van der Waals surface area contributed by atoms with E-state index in [-0.39, 0.29) is 0 Å². The standard InChI is InChI=1S/C15H14O/c1-10-8-12-4-3-5-13(14(12)9-10)15-7-6-11(2)16-15/h3-7,9H,8H2,1-2H3. The summed E-state index contributed by atoms with van der Waals surface area (Å²) in [5, 5.41) is 0. The predicted octanol–water partition coefficient (Wildman–Crippen LogP) is 4.21. The molecule has 3 rings (SSSR count). The van der Waals surface area contributed by atoms with Crippen LogP contribution in [0.15, 0.2) is 40.3 Å². The van der Waals surface area contributed by atoms with Crippen molar-refractivity contribution in [3.05, 3.63) is 52.8 Å². The molecule has 0 N–H and O–H groups in total. The molecule has 0 fully saturated rings. The Labute approximate surface area is 95.4 Å². The molecule has 16 heavy (non-hydrogen) atoms. The van der Waals surface area contributed by atoms with Gasteiger partial charge < -0.3 is 4.42 Å². The van der Waals surface area contributed by atoms with Crippen LogP contribution in [0.1, 0.15) is 23.8 Å². The van der Waals surface area contributed by atoms with E-state index in [0.29, 0.717) is 0 Å². The zero-order valence-corrected chi connectivity index (χ0v) is 9.58. The summed E-state index contributed by atoms with van der Waals surface area (Å²) < 4.78 is 5.70. The van der Waals surface area contributed by atoms with E-state index in [4.69, 9.17) is 4.42 Å². The van der Waals surface area contributed by atoms with Gasteiger partial charge in [0.05, 0.1) is 0 Å². The summed E-state index contributed by atoms with van der Waals surface area (Å²) >= 11 is 0. The maximum Gasteiger partial charge on any atom is 0.134 e. The Hall–Kier alpha value is -1.76. The van der Waals surface area contributed by atoms with Gasteiger partial charge in [0.15, 0.2) is 0 Å². The topological polar surface area (TPSA) is 13.1 Å². The molecule has 1 heterocycles. The summed E-state index contributed by atoms with van der Waals surface area (Å²) in [6.07, 6.45) is 3.34. The number of benzene rings is 1. The number of hydrogen-bond donors (Lipinski definition) is 0. The van der Waals surface area contributed by atoms with Gasteiger partial charge in [0.2, 0.25) is 0 Å². The van der Waals surface area contributed by atoms with Crippen molar-refractivity contribution < 1.29 is 4.42 Å². The van der Waals surface area contributed by atoms with E-state index in [1.807, 2.05) is 19.1 Å². The Kier molecular flexibility index (Phi) is 2.00. The Morgan fingerprint density at radius 1 is 1.06 bits per heavy atom. The highest BCUT2D eigenvalue weighted by Crippen LogP contribution is 2.34. The average molecular weight is 210 g/mol. The molecule has 80 valence electrons. The van der Waals surface area contributed by atoms with Crippen LogP contribution >= 0.6 is 0 Å². The maximum absolute atomic E-state index is 5.70. The molecule has 2 aromatic rings. The number of rotatable bonds is 1. The summed E-state index contributed by atoms with van der Waals surface area (Å²) in [7, 11) is 0. The van der Waals surface area contributed by atoms with Gasteiger partial charge in [-0.05, 0) is 43.5 Å². The summed E-state index contributed by atoms with van der Waals surface area (Å²) in [5.41, 5.74) is 5.37. The van der Waals surface area contributed by atoms with Crippen molar-refractivity contribution in [1.82, 2.24) is 0 Å². The fraction of sp³-hybridized carbons (Fsp3) is 0.200. The smallest absolute Gasteiger partial charge is 0.134 e. The second-order valence-corrected chi connectivity index (χ2v) is 4.46. The minimum Gasteiger partial charge on any atom is -0.461 e. The lowest BCUT2D eigenvalue weighted by molar-refractivity contribution is 0.548. The first kappa shape index (κ1) is 9.46. The Balaban J connectivity index is 2.19. The van der Waals surface area contributed by atoms with Gasteiger partial charge in [-0.2, -0.15) is 0 Å². The average Bonchev–Trinajstić information content (AvgIpc) is 2.82. The molecule has 0 aliphatic heterocycles. The summed E-state index contributed by atoms with van der Waals surface area (Å²) in [4.78, 5) is 0. The number of aryl methyl sites for hydroxylation is 1. The van der Waals surface area contributed by atoms with Crippen molar-refractivity contribution >= 4 is 6.08 Å². The fourth-order valence-corrected chi connectivity index (χ4v) is 2.33. The molecule has 1 nitrogen and oxygen atoms in total. The van der Waals surface area contributed by atoms with E-state index in [9.17, 15) is 0 Å². The van der Waals surface area contributed by atoms with Crippen LogP contribution in [0, 0.1) is 6.92 Å². The van der Waals surface area contributed by atoms with Crippen LogP contribution in [0.25, 0.3) is 17.4 Å². The van der Waals surface area contributed by atoms with Crippen LogP contribution in [-0.4, -0.2) is 0 Å². The second kappa shape index (κ2) is 3.38. The predicted molar refractivity (Wildman–Crippen MR) is 66.2 cm³/mol. The lowest BCUT2D eigenvalue weighted by Gasteiger charge is -2.04. The largest absolute Gasteiger partial charge is 0.461 e. The summed E-state index contributed by atoms with van der Waals surface area (Å²) in [6.45, 7) is 4.16. The van der Waals surface area contributed by atoms with Crippen molar-refractivity contribution in [1.29, 1.82) is 0 Å². The van der Waals surface area contributed by atoms with Crippen molar-refractivity contribution in [2.45, 2.75) is 20.3 Å². The van der Waals surface area contributed by atoms with E-state index in [1.165, 1.54) is 22.3 Å². The molecule has 0 spiro atoms. The van der Waals surface area contributed by atoms with Gasteiger partial charge in [-0.25, -0.2) is 0 Å². The first-order valence-corrected chi connectivity index (χ1v) is 5.60. The molecule has 0 saturated heterocycles. The minimum atomic E-state index is 0.964. The summed E-state index contributed by atoms with van der Waals surface area (Å²) in [6, 6.07) is 10.5. The fourth-order valence-electron chi connectivity index (χ4n) is 2.33. The van der Waals surface area contributed by atoms with Crippen molar-refractivity contribution in [3.8, 4) is 11.3 Å². The molecule has 1 aromatic carbocycles. The van der Waals surface area contributed by atoms with Crippen molar-refractivity contribution in [2.75, 3.05) is 0 Å². The first-order chi connectivity index (χ1) is 7.74. The molecule has 1 aromatic heterocycles. The van der Waals surface area contributed by atoms with Crippen molar-refractivity contribution in [2.24, 2.45) is 0 Å².